The second-order valence-electron chi connectivity index (χ2n) is 6.70. The molecule has 5 nitrogen and oxygen atoms in total. The van der Waals surface area contributed by atoms with Crippen LogP contribution in [-0.2, 0) is 9.84 Å². The minimum atomic E-state index is -2.83. The summed E-state index contributed by atoms with van der Waals surface area (Å²) in [5.74, 6) is 1.88. The Bertz CT molecular complexity index is 631. The third-order valence-corrected chi connectivity index (χ3v) is 6.62. The molecule has 23 heavy (non-hydrogen) atoms. The van der Waals surface area contributed by atoms with Crippen molar-refractivity contribution in [3.8, 4) is 0 Å². The predicted octanol–water partition coefficient (Wildman–Crippen LogP) is 1.91. The molecule has 1 saturated carbocycles. The second kappa shape index (κ2) is 6.91. The van der Waals surface area contributed by atoms with Crippen molar-refractivity contribution in [1.82, 2.24) is 10.6 Å². The maximum Gasteiger partial charge on any atom is 0.314 e. The van der Waals surface area contributed by atoms with Crippen LogP contribution in [0.15, 0.2) is 30.3 Å². The fourth-order valence-corrected chi connectivity index (χ4v) is 4.84. The molecule has 126 valence electrons. The average molecular weight is 336 g/mol. The Morgan fingerprint density at radius 2 is 1.70 bits per heavy atom. The zero-order valence-electron chi connectivity index (χ0n) is 13.2. The molecular formula is C17H24N2O3S. The average Bonchev–Trinajstić information content (AvgIpc) is 3.32. The van der Waals surface area contributed by atoms with Crippen LogP contribution in [0.25, 0.3) is 0 Å². The highest BCUT2D eigenvalue weighted by molar-refractivity contribution is 7.91. The third-order valence-electron chi connectivity index (χ3n) is 4.90. The van der Waals surface area contributed by atoms with Gasteiger partial charge >= 0.3 is 6.03 Å². The van der Waals surface area contributed by atoms with E-state index in [9.17, 15) is 13.2 Å². The molecule has 2 N–H and O–H groups in total. The Kier molecular flexibility index (Phi) is 4.90. The largest absolute Gasteiger partial charge is 0.338 e. The number of benzene rings is 1. The number of amides is 2. The fourth-order valence-electron chi connectivity index (χ4n) is 3.25. The number of sulfone groups is 1. The van der Waals surface area contributed by atoms with Crippen LogP contribution in [0.1, 0.15) is 30.7 Å². The number of urea groups is 1. The summed E-state index contributed by atoms with van der Waals surface area (Å²) in [6.07, 6.45) is 2.44. The summed E-state index contributed by atoms with van der Waals surface area (Å²) >= 11 is 0. The van der Waals surface area contributed by atoms with E-state index in [2.05, 4.69) is 34.9 Å². The summed E-state index contributed by atoms with van der Waals surface area (Å²) in [6.45, 7) is 1.26. The summed E-state index contributed by atoms with van der Waals surface area (Å²) in [4.78, 5) is 11.8. The van der Waals surface area contributed by atoms with E-state index in [-0.39, 0.29) is 23.5 Å². The Balaban J connectivity index is 1.32. The highest BCUT2D eigenvalue weighted by Gasteiger charge is 2.38. The number of nitrogens with one attached hydrogen (secondary N) is 2. The van der Waals surface area contributed by atoms with Gasteiger partial charge in [-0.25, -0.2) is 13.2 Å². The SMILES string of the molecule is O=C(NCC1CCS(=O)(=O)CC1)NC[C@@H]1C[C@@H]1c1ccccc1. The van der Waals surface area contributed by atoms with Crippen molar-refractivity contribution in [3.63, 3.8) is 0 Å². The number of hydrogen-bond donors (Lipinski definition) is 2. The molecular weight excluding hydrogens is 312 g/mol. The Labute approximate surface area is 137 Å². The van der Waals surface area contributed by atoms with E-state index in [4.69, 9.17) is 0 Å². The fraction of sp³-hybridized carbons (Fsp3) is 0.588. The minimum absolute atomic E-state index is 0.142. The molecule has 3 rings (SSSR count). The molecule has 0 bridgehead atoms. The highest BCUT2D eigenvalue weighted by atomic mass is 32.2. The van der Waals surface area contributed by atoms with E-state index in [0.29, 0.717) is 37.8 Å². The van der Waals surface area contributed by atoms with Crippen molar-refractivity contribution >= 4 is 15.9 Å². The molecule has 0 aromatic heterocycles. The van der Waals surface area contributed by atoms with Gasteiger partial charge in [0.15, 0.2) is 0 Å². The molecule has 1 saturated heterocycles. The Hall–Kier alpha value is -1.56. The summed E-state index contributed by atoms with van der Waals surface area (Å²) < 4.78 is 22.7. The lowest BCUT2D eigenvalue weighted by Gasteiger charge is -2.22. The lowest BCUT2D eigenvalue weighted by molar-refractivity contribution is 0.238. The van der Waals surface area contributed by atoms with Gasteiger partial charge in [0.25, 0.3) is 0 Å². The molecule has 1 aromatic carbocycles. The van der Waals surface area contributed by atoms with Crippen LogP contribution in [0.3, 0.4) is 0 Å². The molecule has 1 aliphatic heterocycles. The standard InChI is InChI=1S/C17H24N2O3S/c20-17(18-11-13-6-8-23(21,22)9-7-13)19-12-15-10-16(15)14-4-2-1-3-5-14/h1-5,13,15-16H,6-12H2,(H2,18,19,20)/t15-,16+/m0/s1. The molecule has 6 heteroatoms. The van der Waals surface area contributed by atoms with Gasteiger partial charge in [0, 0.05) is 13.1 Å². The van der Waals surface area contributed by atoms with E-state index < -0.39 is 9.84 Å². The van der Waals surface area contributed by atoms with Gasteiger partial charge < -0.3 is 10.6 Å². The van der Waals surface area contributed by atoms with Gasteiger partial charge in [0.05, 0.1) is 11.5 Å². The van der Waals surface area contributed by atoms with Crippen molar-refractivity contribution in [1.29, 1.82) is 0 Å². The number of rotatable bonds is 5. The van der Waals surface area contributed by atoms with Gasteiger partial charge in [0.2, 0.25) is 0 Å². The van der Waals surface area contributed by atoms with Crippen LogP contribution < -0.4 is 10.6 Å². The first-order valence-electron chi connectivity index (χ1n) is 8.30. The van der Waals surface area contributed by atoms with Crippen LogP contribution in [-0.4, -0.2) is 39.0 Å². The van der Waals surface area contributed by atoms with Gasteiger partial charge in [-0.3, -0.25) is 0 Å². The van der Waals surface area contributed by atoms with Crippen LogP contribution in [0.4, 0.5) is 4.79 Å². The monoisotopic (exact) mass is 336 g/mol. The van der Waals surface area contributed by atoms with Gasteiger partial charge in [-0.05, 0) is 42.6 Å². The Morgan fingerprint density at radius 3 is 2.39 bits per heavy atom. The molecule has 2 aliphatic rings. The van der Waals surface area contributed by atoms with Gasteiger partial charge in [0.1, 0.15) is 9.84 Å². The van der Waals surface area contributed by atoms with Crippen LogP contribution in [0.5, 0.6) is 0 Å². The highest BCUT2D eigenvalue weighted by Crippen LogP contribution is 2.46. The van der Waals surface area contributed by atoms with Crippen molar-refractivity contribution in [3.05, 3.63) is 35.9 Å². The Morgan fingerprint density at radius 1 is 1.04 bits per heavy atom. The molecule has 1 aromatic rings. The molecule has 0 spiro atoms. The first-order chi connectivity index (χ1) is 11.0. The second-order valence-corrected chi connectivity index (χ2v) is 9.00. The van der Waals surface area contributed by atoms with Crippen molar-refractivity contribution in [2.24, 2.45) is 11.8 Å². The normalized spacial score (nSPS) is 26.4. The molecule has 2 fully saturated rings. The lowest BCUT2D eigenvalue weighted by atomic mass is 10.0. The quantitative estimate of drug-likeness (QED) is 0.862. The smallest absolute Gasteiger partial charge is 0.314 e. The number of hydrogen-bond acceptors (Lipinski definition) is 3. The van der Waals surface area contributed by atoms with Gasteiger partial charge in [-0.15, -0.1) is 0 Å². The van der Waals surface area contributed by atoms with Gasteiger partial charge in [-0.2, -0.15) is 0 Å². The number of carbonyl (C=O) groups is 1. The van der Waals surface area contributed by atoms with Crippen molar-refractivity contribution in [2.75, 3.05) is 24.6 Å². The topological polar surface area (TPSA) is 75.3 Å². The zero-order valence-corrected chi connectivity index (χ0v) is 14.0. The van der Waals surface area contributed by atoms with Crippen LogP contribution >= 0.6 is 0 Å². The molecule has 2 atom stereocenters. The van der Waals surface area contributed by atoms with E-state index in [0.717, 1.165) is 6.42 Å². The number of carbonyl (C=O) groups excluding carboxylic acids is 1. The summed E-state index contributed by atoms with van der Waals surface area (Å²) in [5, 5.41) is 5.80. The van der Waals surface area contributed by atoms with Crippen molar-refractivity contribution in [2.45, 2.75) is 25.2 Å². The van der Waals surface area contributed by atoms with Crippen molar-refractivity contribution < 1.29 is 13.2 Å². The first kappa shape index (κ1) is 16.3. The van der Waals surface area contributed by atoms with E-state index in [1.54, 1.807) is 0 Å². The lowest BCUT2D eigenvalue weighted by Crippen LogP contribution is -2.40. The predicted molar refractivity (Wildman–Crippen MR) is 90.1 cm³/mol. The molecule has 1 aliphatic carbocycles. The maximum atomic E-state index is 11.8. The van der Waals surface area contributed by atoms with Gasteiger partial charge in [-0.1, -0.05) is 30.3 Å². The van der Waals surface area contributed by atoms with Crippen LogP contribution in [0.2, 0.25) is 0 Å². The summed E-state index contributed by atoms with van der Waals surface area (Å²) in [5.41, 5.74) is 1.35. The molecule has 2 amide bonds. The van der Waals surface area contributed by atoms with E-state index in [1.165, 1.54) is 5.56 Å². The first-order valence-corrected chi connectivity index (χ1v) is 10.1. The third kappa shape index (κ3) is 4.70. The van der Waals surface area contributed by atoms with E-state index in [1.807, 2.05) is 6.07 Å². The summed E-state index contributed by atoms with van der Waals surface area (Å²) in [6, 6.07) is 10.3. The maximum absolute atomic E-state index is 11.8. The molecule has 1 heterocycles. The van der Waals surface area contributed by atoms with E-state index >= 15 is 0 Å². The molecule has 0 radical (unpaired) electrons. The summed E-state index contributed by atoms with van der Waals surface area (Å²) in [7, 11) is -2.83. The zero-order chi connectivity index (χ0) is 16.3. The van der Waals surface area contributed by atoms with Crippen LogP contribution in [0, 0.1) is 11.8 Å². The minimum Gasteiger partial charge on any atom is -0.338 e. The molecule has 0 unspecified atom stereocenters.